The van der Waals surface area contributed by atoms with Crippen LogP contribution in [0.15, 0.2) is 65.5 Å². The van der Waals surface area contributed by atoms with Crippen LogP contribution < -0.4 is 5.32 Å². The van der Waals surface area contributed by atoms with Gasteiger partial charge >= 0.3 is 0 Å². The molecule has 8 heteroatoms. The average Bonchev–Trinajstić information content (AvgIpc) is 3.58. The number of amidine groups is 1. The van der Waals surface area contributed by atoms with E-state index in [0.717, 1.165) is 80.8 Å². The zero-order valence-electron chi connectivity index (χ0n) is 21.6. The van der Waals surface area contributed by atoms with Gasteiger partial charge in [0.15, 0.2) is 0 Å². The van der Waals surface area contributed by atoms with Gasteiger partial charge in [-0.15, -0.1) is 0 Å². The Labute approximate surface area is 222 Å². The van der Waals surface area contributed by atoms with Crippen LogP contribution in [0, 0.1) is 11.8 Å². The normalized spacial score (nSPS) is 24.9. The molecule has 1 saturated carbocycles. The molecule has 2 aliphatic carbocycles. The summed E-state index contributed by atoms with van der Waals surface area (Å²) in [4.78, 5) is 35.3. The van der Waals surface area contributed by atoms with E-state index in [1.807, 2.05) is 22.2 Å². The van der Waals surface area contributed by atoms with E-state index in [9.17, 15) is 9.59 Å². The van der Waals surface area contributed by atoms with Crippen LogP contribution in [0.5, 0.6) is 0 Å². The Morgan fingerprint density at radius 1 is 1.08 bits per heavy atom. The Balaban J connectivity index is 1.07. The monoisotopic (exact) mass is 510 g/mol. The molecule has 3 fully saturated rings. The van der Waals surface area contributed by atoms with Crippen molar-refractivity contribution in [3.63, 3.8) is 0 Å². The van der Waals surface area contributed by atoms with E-state index in [2.05, 4.69) is 58.0 Å². The van der Waals surface area contributed by atoms with Crippen LogP contribution in [0.1, 0.15) is 43.6 Å². The van der Waals surface area contributed by atoms with Crippen LogP contribution in [0.4, 0.5) is 0 Å². The molecule has 1 spiro atoms. The molecule has 2 saturated heterocycles. The maximum atomic E-state index is 13.8. The van der Waals surface area contributed by atoms with Gasteiger partial charge in [-0.2, -0.15) is 5.10 Å². The highest BCUT2D eigenvalue weighted by molar-refractivity contribution is 6.16. The van der Waals surface area contributed by atoms with Crippen molar-refractivity contribution >= 4 is 17.6 Å². The van der Waals surface area contributed by atoms with Crippen LogP contribution in [0.25, 0.3) is 11.1 Å². The average molecular weight is 511 g/mol. The van der Waals surface area contributed by atoms with Crippen molar-refractivity contribution in [2.45, 2.75) is 43.6 Å². The Hall–Kier alpha value is -3.52. The van der Waals surface area contributed by atoms with Gasteiger partial charge in [-0.05, 0) is 56.3 Å². The second-order valence-corrected chi connectivity index (χ2v) is 11.5. The van der Waals surface area contributed by atoms with Gasteiger partial charge in [-0.1, -0.05) is 42.5 Å². The number of allylic oxidation sites excluding steroid dienone is 2. The van der Waals surface area contributed by atoms with Crippen LogP contribution in [-0.2, 0) is 9.59 Å². The zero-order valence-corrected chi connectivity index (χ0v) is 21.6. The number of hydrogen-bond acceptors (Lipinski definition) is 5. The predicted octanol–water partition coefficient (Wildman–Crippen LogP) is 3.28. The summed E-state index contributed by atoms with van der Waals surface area (Å²) >= 11 is 0. The lowest BCUT2D eigenvalue weighted by Crippen LogP contribution is -2.56. The van der Waals surface area contributed by atoms with Gasteiger partial charge in [-0.3, -0.25) is 24.6 Å². The van der Waals surface area contributed by atoms with Crippen LogP contribution >= 0.6 is 0 Å². The van der Waals surface area contributed by atoms with E-state index in [4.69, 9.17) is 4.99 Å². The van der Waals surface area contributed by atoms with Gasteiger partial charge in [-0.25, -0.2) is 0 Å². The summed E-state index contributed by atoms with van der Waals surface area (Å²) in [5, 5.41) is 10.3. The number of benzene rings is 1. The van der Waals surface area contributed by atoms with Crippen molar-refractivity contribution in [1.29, 1.82) is 0 Å². The summed E-state index contributed by atoms with van der Waals surface area (Å²) in [6.07, 6.45) is 14.8. The van der Waals surface area contributed by atoms with Gasteiger partial charge in [0.2, 0.25) is 5.91 Å². The fraction of sp³-hybridized carbons (Fsp3) is 0.467. The lowest BCUT2D eigenvalue weighted by atomic mass is 9.88. The quantitative estimate of drug-likeness (QED) is 0.624. The minimum Gasteiger partial charge on any atom is -0.342 e. The standard InChI is InChI=1S/C30H34N6O2/c37-28(25-9-10-25)35-17-20(18-35)19-36-27(34-30(29(36)38)11-13-31-14-12-30)24-7-5-22(6-8-24)21-1-3-23(4-2-21)26-15-32-33-16-26/h1-5,7-8,15-16,20,22,25,31H,6,9-14,17-19H2,(H,32,33). The number of likely N-dealkylation sites (tertiary alicyclic amines) is 1. The number of aromatic amines is 1. The van der Waals surface area contributed by atoms with Gasteiger partial charge in [0.05, 0.1) is 6.20 Å². The predicted molar refractivity (Wildman–Crippen MR) is 145 cm³/mol. The first-order valence-corrected chi connectivity index (χ1v) is 14.0. The first-order chi connectivity index (χ1) is 18.6. The third kappa shape index (κ3) is 4.21. The van der Waals surface area contributed by atoms with E-state index < -0.39 is 5.54 Å². The van der Waals surface area contributed by atoms with Crippen molar-refractivity contribution in [3.05, 3.63) is 66.0 Å². The molecule has 0 radical (unpaired) electrons. The highest BCUT2D eigenvalue weighted by Crippen LogP contribution is 2.38. The molecule has 1 unspecified atom stereocenters. The third-order valence-electron chi connectivity index (χ3n) is 8.81. The molecule has 4 heterocycles. The maximum absolute atomic E-state index is 13.8. The molecular formula is C30H34N6O2. The summed E-state index contributed by atoms with van der Waals surface area (Å²) in [7, 11) is 0. The van der Waals surface area contributed by atoms with Crippen LogP contribution in [0.3, 0.4) is 0 Å². The first-order valence-electron chi connectivity index (χ1n) is 14.0. The maximum Gasteiger partial charge on any atom is 0.256 e. The van der Waals surface area contributed by atoms with E-state index >= 15 is 0 Å². The zero-order chi connectivity index (χ0) is 25.7. The van der Waals surface area contributed by atoms with Gasteiger partial charge in [0.25, 0.3) is 5.91 Å². The highest BCUT2D eigenvalue weighted by Gasteiger charge is 2.50. The van der Waals surface area contributed by atoms with Crippen molar-refractivity contribution in [3.8, 4) is 11.1 Å². The van der Waals surface area contributed by atoms with Crippen molar-refractivity contribution in [2.24, 2.45) is 16.8 Å². The molecule has 38 heavy (non-hydrogen) atoms. The van der Waals surface area contributed by atoms with Crippen LogP contribution in [-0.4, -0.2) is 75.9 Å². The summed E-state index contributed by atoms with van der Waals surface area (Å²) in [6, 6.07) is 8.67. The summed E-state index contributed by atoms with van der Waals surface area (Å²) in [6.45, 7) is 3.79. The molecule has 5 aliphatic rings. The number of aromatic nitrogens is 2. The Bertz CT molecular complexity index is 1310. The number of rotatable bonds is 6. The molecule has 196 valence electrons. The molecule has 0 bridgehead atoms. The summed E-state index contributed by atoms with van der Waals surface area (Å²) in [5.74, 6) is 2.15. The number of carbonyl (C=O) groups excluding carboxylic acids is 2. The Kier molecular flexibility index (Phi) is 5.80. The molecule has 3 aliphatic heterocycles. The van der Waals surface area contributed by atoms with Crippen molar-refractivity contribution in [2.75, 3.05) is 32.7 Å². The van der Waals surface area contributed by atoms with Gasteiger partial charge in [0, 0.05) is 54.7 Å². The first kappa shape index (κ1) is 23.6. The lowest BCUT2D eigenvalue weighted by Gasteiger charge is -2.41. The molecular weight excluding hydrogens is 476 g/mol. The number of amides is 2. The number of aliphatic imine (C=N–C) groups is 1. The number of H-pyrrole nitrogens is 1. The molecule has 2 aromatic rings. The molecule has 2 N–H and O–H groups in total. The van der Waals surface area contributed by atoms with E-state index in [1.165, 1.54) is 5.56 Å². The van der Waals surface area contributed by atoms with Gasteiger partial charge in [0.1, 0.15) is 11.4 Å². The van der Waals surface area contributed by atoms with Gasteiger partial charge < -0.3 is 10.2 Å². The lowest BCUT2D eigenvalue weighted by molar-refractivity contribution is -0.140. The number of piperidine rings is 1. The van der Waals surface area contributed by atoms with Crippen molar-refractivity contribution < 1.29 is 9.59 Å². The number of hydrogen-bond donors (Lipinski definition) is 2. The molecule has 1 atom stereocenters. The summed E-state index contributed by atoms with van der Waals surface area (Å²) in [5.41, 5.74) is 3.91. The van der Waals surface area contributed by atoms with Crippen molar-refractivity contribution in [1.82, 2.24) is 25.3 Å². The SMILES string of the molecule is O=C(C1CC1)N1CC(CN2C(=O)C3(CCNCC3)N=C2C2=CCC(c3ccc(-c4cn[nH]c4)cc3)C=C2)C1. The second kappa shape index (κ2) is 9.34. The van der Waals surface area contributed by atoms with E-state index in [0.29, 0.717) is 24.3 Å². The molecule has 1 aromatic carbocycles. The molecule has 8 nitrogen and oxygen atoms in total. The smallest absolute Gasteiger partial charge is 0.256 e. The number of nitrogens with one attached hydrogen (secondary N) is 2. The topological polar surface area (TPSA) is 93.7 Å². The molecule has 2 amide bonds. The molecule has 1 aromatic heterocycles. The minimum atomic E-state index is -0.637. The fourth-order valence-corrected chi connectivity index (χ4v) is 6.29. The van der Waals surface area contributed by atoms with Crippen LogP contribution in [0.2, 0.25) is 0 Å². The Morgan fingerprint density at radius 2 is 1.87 bits per heavy atom. The highest BCUT2D eigenvalue weighted by atomic mass is 16.2. The third-order valence-corrected chi connectivity index (χ3v) is 8.81. The van der Waals surface area contributed by atoms with E-state index in [-0.39, 0.29) is 11.8 Å². The summed E-state index contributed by atoms with van der Waals surface area (Å²) < 4.78 is 0. The molecule has 7 rings (SSSR count). The number of carbonyl (C=O) groups is 2. The fourth-order valence-electron chi connectivity index (χ4n) is 6.29. The largest absolute Gasteiger partial charge is 0.342 e. The van der Waals surface area contributed by atoms with E-state index in [1.54, 1.807) is 0 Å². The minimum absolute atomic E-state index is 0.146. The Morgan fingerprint density at radius 3 is 2.53 bits per heavy atom. The second-order valence-electron chi connectivity index (χ2n) is 11.5. The number of nitrogens with zero attached hydrogens (tertiary/aromatic N) is 4.